The molecule has 1 unspecified atom stereocenters. The number of nitrogens with zero attached hydrogens (tertiary/aromatic N) is 1. The molecule has 2 aromatic rings. The van der Waals surface area contributed by atoms with Crippen LogP contribution in [0.4, 0.5) is 0 Å². The first-order valence-corrected chi connectivity index (χ1v) is 6.59. The summed E-state index contributed by atoms with van der Waals surface area (Å²) in [7, 11) is 3.13. The summed E-state index contributed by atoms with van der Waals surface area (Å²) in [5, 5.41) is 2.88. The first-order chi connectivity index (χ1) is 10.1. The van der Waals surface area contributed by atoms with Crippen molar-refractivity contribution < 1.29 is 14.3 Å². The lowest BCUT2D eigenvalue weighted by Crippen LogP contribution is -2.27. The van der Waals surface area contributed by atoms with Gasteiger partial charge in [0.2, 0.25) is 0 Å². The van der Waals surface area contributed by atoms with Gasteiger partial charge in [0.05, 0.1) is 20.3 Å². The highest BCUT2D eigenvalue weighted by molar-refractivity contribution is 5.95. The van der Waals surface area contributed by atoms with Crippen LogP contribution in [-0.4, -0.2) is 30.1 Å². The van der Waals surface area contributed by atoms with Crippen molar-refractivity contribution in [3.8, 4) is 11.5 Å². The molecule has 1 atom stereocenters. The molecular formula is C15H19N3O3. The second-order valence-electron chi connectivity index (χ2n) is 4.68. The number of amides is 1. The van der Waals surface area contributed by atoms with Crippen LogP contribution in [0.5, 0.6) is 11.5 Å². The predicted molar refractivity (Wildman–Crippen MR) is 78.8 cm³/mol. The maximum Gasteiger partial charge on any atom is 0.252 e. The van der Waals surface area contributed by atoms with Gasteiger partial charge in [0.1, 0.15) is 17.3 Å². The Hall–Kier alpha value is -2.50. The van der Waals surface area contributed by atoms with Gasteiger partial charge in [0, 0.05) is 23.5 Å². The van der Waals surface area contributed by atoms with Crippen molar-refractivity contribution >= 4 is 5.91 Å². The Morgan fingerprint density at radius 1 is 1.29 bits per heavy atom. The van der Waals surface area contributed by atoms with Crippen molar-refractivity contribution in [3.63, 3.8) is 0 Å². The summed E-state index contributed by atoms with van der Waals surface area (Å²) in [4.78, 5) is 19.4. The number of H-pyrrole nitrogens is 1. The van der Waals surface area contributed by atoms with Crippen LogP contribution < -0.4 is 14.8 Å². The van der Waals surface area contributed by atoms with E-state index in [-0.39, 0.29) is 11.9 Å². The molecule has 21 heavy (non-hydrogen) atoms. The largest absolute Gasteiger partial charge is 0.496 e. The highest BCUT2D eigenvalue weighted by Gasteiger charge is 2.16. The maximum atomic E-state index is 12.3. The highest BCUT2D eigenvalue weighted by Crippen LogP contribution is 2.29. The van der Waals surface area contributed by atoms with E-state index in [9.17, 15) is 4.79 Å². The van der Waals surface area contributed by atoms with Crippen LogP contribution in [0, 0.1) is 6.92 Å². The van der Waals surface area contributed by atoms with Gasteiger partial charge in [-0.15, -0.1) is 0 Å². The van der Waals surface area contributed by atoms with Crippen molar-refractivity contribution in [1.29, 1.82) is 0 Å². The molecule has 6 heteroatoms. The maximum absolute atomic E-state index is 12.3. The Balaban J connectivity index is 2.23. The van der Waals surface area contributed by atoms with Gasteiger partial charge >= 0.3 is 0 Å². The topological polar surface area (TPSA) is 76.2 Å². The first-order valence-electron chi connectivity index (χ1n) is 6.59. The van der Waals surface area contributed by atoms with Gasteiger partial charge < -0.3 is 19.8 Å². The molecule has 1 amide bonds. The van der Waals surface area contributed by atoms with Gasteiger partial charge in [-0.3, -0.25) is 4.79 Å². The highest BCUT2D eigenvalue weighted by atomic mass is 16.5. The smallest absolute Gasteiger partial charge is 0.252 e. The first kappa shape index (κ1) is 14.9. The van der Waals surface area contributed by atoms with Gasteiger partial charge in [0.25, 0.3) is 5.91 Å². The molecule has 0 aliphatic heterocycles. The fourth-order valence-corrected chi connectivity index (χ4v) is 2.08. The monoisotopic (exact) mass is 289 g/mol. The molecule has 2 rings (SSSR count). The summed E-state index contributed by atoms with van der Waals surface area (Å²) < 4.78 is 10.6. The number of hydrogen-bond donors (Lipinski definition) is 2. The van der Waals surface area contributed by atoms with Gasteiger partial charge in [0.15, 0.2) is 0 Å². The summed E-state index contributed by atoms with van der Waals surface area (Å²) in [5.41, 5.74) is 1.34. The van der Waals surface area contributed by atoms with Crippen molar-refractivity contribution in [1.82, 2.24) is 15.3 Å². The number of imidazole rings is 1. The lowest BCUT2D eigenvalue weighted by molar-refractivity contribution is 0.0937. The number of aromatic nitrogens is 2. The molecule has 0 bridgehead atoms. The van der Waals surface area contributed by atoms with Gasteiger partial charge in [-0.2, -0.15) is 0 Å². The fourth-order valence-electron chi connectivity index (χ4n) is 2.08. The van der Waals surface area contributed by atoms with E-state index in [0.29, 0.717) is 22.9 Å². The summed E-state index contributed by atoms with van der Waals surface area (Å²) in [6, 6.07) is 3.18. The van der Waals surface area contributed by atoms with Crippen molar-refractivity contribution in [2.24, 2.45) is 0 Å². The number of carbonyl (C=O) groups excluding carboxylic acids is 1. The minimum absolute atomic E-state index is 0.212. The van der Waals surface area contributed by atoms with E-state index in [0.717, 1.165) is 5.56 Å². The zero-order valence-electron chi connectivity index (χ0n) is 12.6. The summed E-state index contributed by atoms with van der Waals surface area (Å²) >= 11 is 0. The second kappa shape index (κ2) is 6.30. The van der Waals surface area contributed by atoms with Gasteiger partial charge in [-0.05, 0) is 26.0 Å². The molecule has 0 saturated heterocycles. The molecule has 0 spiro atoms. The molecule has 1 aromatic heterocycles. The molecule has 0 fully saturated rings. The molecule has 1 aromatic carbocycles. The Morgan fingerprint density at radius 3 is 2.38 bits per heavy atom. The molecule has 2 N–H and O–H groups in total. The molecule has 1 heterocycles. The number of ether oxygens (including phenoxy) is 2. The Labute approximate surface area is 123 Å². The van der Waals surface area contributed by atoms with E-state index in [4.69, 9.17) is 9.47 Å². The Morgan fingerprint density at radius 2 is 1.90 bits per heavy atom. The second-order valence-corrected chi connectivity index (χ2v) is 4.68. The number of hydrogen-bond acceptors (Lipinski definition) is 4. The van der Waals surface area contributed by atoms with Crippen molar-refractivity contribution in [3.05, 3.63) is 41.5 Å². The minimum atomic E-state index is -0.217. The van der Waals surface area contributed by atoms with E-state index in [1.54, 1.807) is 38.7 Å². The van der Waals surface area contributed by atoms with Crippen molar-refractivity contribution in [2.75, 3.05) is 14.2 Å². The average molecular weight is 289 g/mol. The minimum Gasteiger partial charge on any atom is -0.496 e. The van der Waals surface area contributed by atoms with Gasteiger partial charge in [-0.25, -0.2) is 4.98 Å². The number of nitrogens with one attached hydrogen (secondary N) is 2. The number of benzene rings is 1. The standard InChI is InChI=1S/C15H19N3O3/c1-9-12(20-3)7-11(8-13(9)21-4)15(19)18-10(2)14-16-5-6-17-14/h5-8,10H,1-4H3,(H,16,17)(H,18,19). The SMILES string of the molecule is COc1cc(C(=O)NC(C)c2ncc[nH]2)cc(OC)c1C. The third kappa shape index (κ3) is 3.16. The van der Waals surface area contributed by atoms with Crippen LogP contribution in [0.25, 0.3) is 0 Å². The van der Waals surface area contributed by atoms with Crippen LogP contribution in [0.1, 0.15) is 34.7 Å². The number of carbonyl (C=O) groups is 1. The number of methoxy groups -OCH3 is 2. The third-order valence-electron chi connectivity index (χ3n) is 3.29. The Bertz CT molecular complexity index is 598. The quantitative estimate of drug-likeness (QED) is 0.885. The molecule has 0 aliphatic carbocycles. The summed E-state index contributed by atoms with van der Waals surface area (Å²) in [5.74, 6) is 1.72. The van der Waals surface area contributed by atoms with Crippen LogP contribution in [-0.2, 0) is 0 Å². The van der Waals surface area contributed by atoms with Crippen molar-refractivity contribution in [2.45, 2.75) is 19.9 Å². The summed E-state index contributed by atoms with van der Waals surface area (Å²) in [6.07, 6.45) is 3.37. The van der Waals surface area contributed by atoms with E-state index in [1.807, 2.05) is 13.8 Å². The lowest BCUT2D eigenvalue weighted by Gasteiger charge is -2.15. The molecule has 0 aliphatic rings. The van der Waals surface area contributed by atoms with E-state index in [1.165, 1.54) is 0 Å². The predicted octanol–water partition coefficient (Wildman–Crippen LogP) is 2.23. The molecule has 0 saturated carbocycles. The zero-order valence-corrected chi connectivity index (χ0v) is 12.6. The fraction of sp³-hybridized carbons (Fsp3) is 0.333. The molecule has 0 radical (unpaired) electrons. The molecular weight excluding hydrogens is 270 g/mol. The lowest BCUT2D eigenvalue weighted by atomic mass is 10.1. The van der Waals surface area contributed by atoms with Crippen LogP contribution in [0.2, 0.25) is 0 Å². The Kier molecular flexibility index (Phi) is 4.47. The van der Waals surface area contributed by atoms with Crippen LogP contribution in [0.3, 0.4) is 0 Å². The zero-order chi connectivity index (χ0) is 15.4. The molecule has 112 valence electrons. The molecule has 6 nitrogen and oxygen atoms in total. The van der Waals surface area contributed by atoms with Crippen LogP contribution >= 0.6 is 0 Å². The van der Waals surface area contributed by atoms with E-state index in [2.05, 4.69) is 15.3 Å². The van der Waals surface area contributed by atoms with E-state index >= 15 is 0 Å². The number of aromatic amines is 1. The number of rotatable bonds is 5. The third-order valence-corrected chi connectivity index (χ3v) is 3.29. The van der Waals surface area contributed by atoms with E-state index < -0.39 is 0 Å². The summed E-state index contributed by atoms with van der Waals surface area (Å²) in [6.45, 7) is 3.74. The average Bonchev–Trinajstić information content (AvgIpc) is 3.01. The van der Waals surface area contributed by atoms with Crippen LogP contribution in [0.15, 0.2) is 24.5 Å². The van der Waals surface area contributed by atoms with Gasteiger partial charge in [-0.1, -0.05) is 0 Å². The normalized spacial score (nSPS) is 11.8.